The van der Waals surface area contributed by atoms with Crippen molar-refractivity contribution in [2.45, 2.75) is 0 Å². The van der Waals surface area contributed by atoms with Crippen LogP contribution in [-0.4, -0.2) is 9.55 Å². The van der Waals surface area contributed by atoms with Crippen LogP contribution in [0.15, 0.2) is 170 Å². The summed E-state index contributed by atoms with van der Waals surface area (Å²) >= 11 is 0. The molecular formula is C45H28N2. The van der Waals surface area contributed by atoms with Crippen molar-refractivity contribution in [1.29, 1.82) is 0 Å². The molecule has 0 radical (unpaired) electrons. The molecule has 10 aromatic rings. The van der Waals surface area contributed by atoms with Crippen LogP contribution < -0.4 is 0 Å². The highest BCUT2D eigenvalue weighted by atomic mass is 15.0. The molecule has 2 aromatic heterocycles. The van der Waals surface area contributed by atoms with Crippen molar-refractivity contribution in [2.24, 2.45) is 0 Å². The second-order valence-corrected chi connectivity index (χ2v) is 12.3. The first-order valence-electron chi connectivity index (χ1n) is 16.1. The van der Waals surface area contributed by atoms with Crippen LogP contribution in [0.3, 0.4) is 0 Å². The molecule has 47 heavy (non-hydrogen) atoms. The Labute approximate surface area is 271 Å². The highest BCUT2D eigenvalue weighted by Gasteiger charge is 2.20. The molecule has 10 rings (SSSR count). The third-order valence-electron chi connectivity index (χ3n) is 9.86. The molecule has 0 atom stereocenters. The lowest BCUT2D eigenvalue weighted by atomic mass is 9.84. The third-order valence-corrected chi connectivity index (χ3v) is 9.86. The first-order chi connectivity index (χ1) is 23.3. The molecule has 0 aliphatic carbocycles. The van der Waals surface area contributed by atoms with E-state index in [4.69, 9.17) is 0 Å². The Morgan fingerprint density at radius 1 is 0.383 bits per heavy atom. The minimum atomic E-state index is 1.16. The predicted octanol–water partition coefficient (Wildman–Crippen LogP) is 12.1. The van der Waals surface area contributed by atoms with Gasteiger partial charge in [-0.25, -0.2) is 0 Å². The Balaban J connectivity index is 1.30. The van der Waals surface area contributed by atoms with Gasteiger partial charge in [-0.2, -0.15) is 0 Å². The summed E-state index contributed by atoms with van der Waals surface area (Å²) < 4.78 is 2.40. The predicted molar refractivity (Wildman–Crippen MR) is 199 cm³/mol. The maximum Gasteiger partial charge on any atom is 0.0572 e. The van der Waals surface area contributed by atoms with Crippen molar-refractivity contribution in [1.82, 2.24) is 9.55 Å². The molecule has 0 saturated heterocycles. The fourth-order valence-corrected chi connectivity index (χ4v) is 7.85. The van der Waals surface area contributed by atoms with Crippen molar-refractivity contribution >= 4 is 64.9 Å². The van der Waals surface area contributed by atoms with Crippen molar-refractivity contribution in [3.63, 3.8) is 0 Å². The number of hydrogen-bond donors (Lipinski definition) is 0. The van der Waals surface area contributed by atoms with Crippen molar-refractivity contribution in [3.05, 3.63) is 170 Å². The fourth-order valence-electron chi connectivity index (χ4n) is 7.85. The van der Waals surface area contributed by atoms with Crippen molar-refractivity contribution in [3.8, 4) is 27.9 Å². The number of hydrogen-bond acceptors (Lipinski definition) is 1. The lowest BCUT2D eigenvalue weighted by molar-refractivity contribution is 1.19. The summed E-state index contributed by atoms with van der Waals surface area (Å²) in [4.78, 5) is 4.47. The van der Waals surface area contributed by atoms with E-state index in [2.05, 4.69) is 167 Å². The van der Waals surface area contributed by atoms with Gasteiger partial charge in [-0.05, 0) is 84.2 Å². The molecule has 0 amide bonds. The van der Waals surface area contributed by atoms with Gasteiger partial charge in [0.05, 0.1) is 16.7 Å². The maximum absolute atomic E-state index is 4.47. The summed E-state index contributed by atoms with van der Waals surface area (Å²) in [5.74, 6) is 0. The lowest BCUT2D eigenvalue weighted by Gasteiger charge is -2.20. The first-order valence-corrected chi connectivity index (χ1v) is 16.1. The monoisotopic (exact) mass is 596 g/mol. The average Bonchev–Trinajstić information content (AvgIpc) is 3.47. The van der Waals surface area contributed by atoms with Gasteiger partial charge in [0.15, 0.2) is 0 Å². The summed E-state index contributed by atoms with van der Waals surface area (Å²) in [5, 5.41) is 12.4. The topological polar surface area (TPSA) is 17.8 Å². The van der Waals surface area contributed by atoms with Gasteiger partial charge in [-0.3, -0.25) is 4.98 Å². The molecule has 218 valence electrons. The Morgan fingerprint density at radius 2 is 0.957 bits per heavy atom. The summed E-state index contributed by atoms with van der Waals surface area (Å²) in [5.41, 5.74) is 8.55. The number of para-hydroxylation sites is 1. The minimum Gasteiger partial charge on any atom is -0.309 e. The van der Waals surface area contributed by atoms with Gasteiger partial charge < -0.3 is 4.57 Å². The number of pyridine rings is 1. The van der Waals surface area contributed by atoms with E-state index in [0.717, 1.165) is 10.9 Å². The van der Waals surface area contributed by atoms with Crippen LogP contribution in [0.5, 0.6) is 0 Å². The van der Waals surface area contributed by atoms with Gasteiger partial charge in [0.2, 0.25) is 0 Å². The Bertz CT molecular complexity index is 2750. The average molecular weight is 597 g/mol. The van der Waals surface area contributed by atoms with Gasteiger partial charge in [0.1, 0.15) is 0 Å². The van der Waals surface area contributed by atoms with Gasteiger partial charge in [-0.15, -0.1) is 0 Å². The largest absolute Gasteiger partial charge is 0.309 e. The van der Waals surface area contributed by atoms with Gasteiger partial charge >= 0.3 is 0 Å². The van der Waals surface area contributed by atoms with Crippen molar-refractivity contribution in [2.75, 3.05) is 0 Å². The number of fused-ring (bicyclic) bond motifs is 7. The zero-order valence-electron chi connectivity index (χ0n) is 25.6. The van der Waals surface area contributed by atoms with E-state index in [9.17, 15) is 0 Å². The Kier molecular flexibility index (Phi) is 5.61. The van der Waals surface area contributed by atoms with Crippen LogP contribution in [0.25, 0.3) is 92.8 Å². The standard InChI is InChI=1S/C45H28N2/c1-2-12-30-27-31(22-21-29(30)11-1)44-35-16-5-7-18-37(35)45(38-19-8-6-17-36(38)44)39-23-24-42(33-14-4-3-13-32(33)39)47-41-20-10-9-15-34(41)40-28-46-26-25-43(40)47/h1-28H. The van der Waals surface area contributed by atoms with Crippen LogP contribution in [-0.2, 0) is 0 Å². The molecule has 0 fully saturated rings. The highest BCUT2D eigenvalue weighted by molar-refractivity contribution is 6.24. The molecule has 0 N–H and O–H groups in total. The number of nitrogens with zero attached hydrogens (tertiary/aromatic N) is 2. The van der Waals surface area contributed by atoms with E-state index in [1.807, 2.05) is 12.4 Å². The third kappa shape index (κ3) is 3.82. The zero-order chi connectivity index (χ0) is 30.9. The van der Waals surface area contributed by atoms with Gasteiger partial charge in [0.25, 0.3) is 0 Å². The molecule has 0 aliphatic rings. The van der Waals surface area contributed by atoms with E-state index in [0.29, 0.717) is 0 Å². The first kappa shape index (κ1) is 26.0. The highest BCUT2D eigenvalue weighted by Crippen LogP contribution is 2.46. The van der Waals surface area contributed by atoms with E-state index in [-0.39, 0.29) is 0 Å². The lowest BCUT2D eigenvalue weighted by Crippen LogP contribution is -1.97. The van der Waals surface area contributed by atoms with E-state index >= 15 is 0 Å². The van der Waals surface area contributed by atoms with Crippen LogP contribution in [0, 0.1) is 0 Å². The Morgan fingerprint density at radius 3 is 1.70 bits per heavy atom. The molecule has 8 aromatic carbocycles. The number of benzene rings is 8. The van der Waals surface area contributed by atoms with E-state index < -0.39 is 0 Å². The smallest absolute Gasteiger partial charge is 0.0572 e. The summed E-state index contributed by atoms with van der Waals surface area (Å²) in [7, 11) is 0. The van der Waals surface area contributed by atoms with Gasteiger partial charge in [0, 0.05) is 28.6 Å². The molecule has 0 unspecified atom stereocenters. The second-order valence-electron chi connectivity index (χ2n) is 12.3. The second kappa shape index (κ2) is 10.1. The maximum atomic E-state index is 4.47. The van der Waals surface area contributed by atoms with E-state index in [1.54, 1.807) is 0 Å². The van der Waals surface area contributed by atoms with E-state index in [1.165, 1.54) is 81.9 Å². The summed E-state index contributed by atoms with van der Waals surface area (Å²) in [6.07, 6.45) is 3.88. The number of rotatable bonds is 3. The zero-order valence-corrected chi connectivity index (χ0v) is 25.6. The molecule has 0 bridgehead atoms. The SMILES string of the molecule is c1ccc2cc(-c3c4ccccc4c(-c4ccc(-n5c6ccccc6c6cnccc65)c5ccccc45)c4ccccc34)ccc2c1. The van der Waals surface area contributed by atoms with Crippen LogP contribution in [0.4, 0.5) is 0 Å². The molecule has 0 aliphatic heterocycles. The summed E-state index contributed by atoms with van der Waals surface area (Å²) in [6, 6.07) is 57.6. The molecule has 2 nitrogen and oxygen atoms in total. The van der Waals surface area contributed by atoms with Crippen LogP contribution in [0.1, 0.15) is 0 Å². The molecule has 0 spiro atoms. The van der Waals surface area contributed by atoms with Crippen LogP contribution in [0.2, 0.25) is 0 Å². The minimum absolute atomic E-state index is 1.16. The molecule has 2 heteroatoms. The normalized spacial score (nSPS) is 11.8. The van der Waals surface area contributed by atoms with Crippen LogP contribution >= 0.6 is 0 Å². The van der Waals surface area contributed by atoms with Gasteiger partial charge in [-0.1, -0.05) is 133 Å². The molecule has 0 saturated carbocycles. The van der Waals surface area contributed by atoms with Crippen molar-refractivity contribution < 1.29 is 0 Å². The molecule has 2 heterocycles. The quantitative estimate of drug-likeness (QED) is 0.186. The number of aromatic nitrogens is 2. The fraction of sp³-hybridized carbons (Fsp3) is 0. The Hall–Kier alpha value is -6.25. The molecular weight excluding hydrogens is 569 g/mol. The summed E-state index contributed by atoms with van der Waals surface area (Å²) in [6.45, 7) is 0.